The van der Waals surface area contributed by atoms with Gasteiger partial charge in [0.1, 0.15) is 6.04 Å². The Morgan fingerprint density at radius 1 is 1.46 bits per heavy atom. The van der Waals surface area contributed by atoms with E-state index in [9.17, 15) is 14.2 Å². The highest BCUT2D eigenvalue weighted by atomic mass is 31.2. The van der Waals surface area contributed by atoms with E-state index in [2.05, 4.69) is 4.52 Å². The molecular weight excluding hydrogens is 205 g/mol. The zero-order valence-corrected chi connectivity index (χ0v) is 7.18. The lowest BCUT2D eigenvalue weighted by atomic mass is 10.2. The van der Waals surface area contributed by atoms with Gasteiger partial charge in [-0.25, -0.2) is 9.36 Å². The minimum Gasteiger partial charge on any atom is -0.481 e. The standard InChI is InChI=1S/C4H8NO7P/c5-2(1-3(6)7)4(8)12-13(9,10)11/h2H,1,5H2,(H,6,7)(H2,9,10,11). The fraction of sp³-hybridized carbons (Fsp3) is 0.500. The Balaban J connectivity index is 4.12. The average molecular weight is 213 g/mol. The number of carboxylic acid groups (broad SMARTS) is 1. The number of hydrogen-bond acceptors (Lipinski definition) is 5. The molecule has 0 heterocycles. The van der Waals surface area contributed by atoms with Gasteiger partial charge >= 0.3 is 19.8 Å². The molecule has 0 aromatic rings. The van der Waals surface area contributed by atoms with Crippen molar-refractivity contribution in [3.05, 3.63) is 0 Å². The Kier molecular flexibility index (Phi) is 4.02. The summed E-state index contributed by atoms with van der Waals surface area (Å²) in [5, 5.41) is 8.15. The van der Waals surface area contributed by atoms with E-state index in [-0.39, 0.29) is 0 Å². The van der Waals surface area contributed by atoms with Crippen molar-refractivity contribution in [2.45, 2.75) is 12.5 Å². The van der Waals surface area contributed by atoms with Crippen molar-refractivity contribution in [1.29, 1.82) is 0 Å². The molecule has 8 nitrogen and oxygen atoms in total. The summed E-state index contributed by atoms with van der Waals surface area (Å²) in [4.78, 5) is 36.9. The monoisotopic (exact) mass is 213 g/mol. The Bertz CT molecular complexity index is 257. The summed E-state index contributed by atoms with van der Waals surface area (Å²) in [6, 6.07) is -1.58. The molecule has 1 atom stereocenters. The topological polar surface area (TPSA) is 147 Å². The Labute approximate surface area is 72.5 Å². The molecule has 0 saturated carbocycles. The molecule has 0 aliphatic heterocycles. The third kappa shape index (κ3) is 6.23. The van der Waals surface area contributed by atoms with Crippen LogP contribution in [0.4, 0.5) is 0 Å². The van der Waals surface area contributed by atoms with Crippen molar-refractivity contribution in [1.82, 2.24) is 0 Å². The maximum Gasteiger partial charge on any atom is 0.527 e. The van der Waals surface area contributed by atoms with E-state index in [0.29, 0.717) is 0 Å². The van der Waals surface area contributed by atoms with Gasteiger partial charge in [0, 0.05) is 0 Å². The maximum atomic E-state index is 10.6. The fourth-order valence-electron chi connectivity index (χ4n) is 0.456. The molecule has 0 fully saturated rings. The highest BCUT2D eigenvalue weighted by molar-refractivity contribution is 7.46. The zero-order valence-electron chi connectivity index (χ0n) is 6.28. The van der Waals surface area contributed by atoms with E-state index >= 15 is 0 Å². The molecule has 13 heavy (non-hydrogen) atoms. The van der Waals surface area contributed by atoms with Gasteiger partial charge < -0.3 is 15.4 Å². The molecular formula is C4H8NO7P. The van der Waals surface area contributed by atoms with Gasteiger partial charge in [0.15, 0.2) is 0 Å². The average Bonchev–Trinajstić information content (AvgIpc) is 1.81. The fourth-order valence-corrected chi connectivity index (χ4v) is 0.826. The number of rotatable bonds is 4. The molecule has 0 rings (SSSR count). The van der Waals surface area contributed by atoms with Crippen molar-refractivity contribution in [3.63, 3.8) is 0 Å². The van der Waals surface area contributed by atoms with Gasteiger partial charge in [-0.1, -0.05) is 0 Å². The predicted octanol–water partition coefficient (Wildman–Crippen LogP) is -1.58. The number of phosphoric acid groups is 1. The normalized spacial score (nSPS) is 13.5. The Morgan fingerprint density at radius 2 is 1.92 bits per heavy atom. The van der Waals surface area contributed by atoms with E-state index in [1.807, 2.05) is 0 Å². The summed E-state index contributed by atoms with van der Waals surface area (Å²) >= 11 is 0. The van der Waals surface area contributed by atoms with Gasteiger partial charge in [-0.3, -0.25) is 14.6 Å². The number of nitrogens with two attached hydrogens (primary N) is 1. The number of carbonyl (C=O) groups is 2. The van der Waals surface area contributed by atoms with Gasteiger partial charge in [0.2, 0.25) is 0 Å². The van der Waals surface area contributed by atoms with E-state index < -0.39 is 32.2 Å². The summed E-state index contributed by atoms with van der Waals surface area (Å²) in [5.74, 6) is -2.81. The number of hydrogen-bond donors (Lipinski definition) is 4. The first-order valence-corrected chi connectivity index (χ1v) is 4.52. The third-order valence-electron chi connectivity index (χ3n) is 0.906. The second-order valence-electron chi connectivity index (χ2n) is 2.11. The molecule has 1 unspecified atom stereocenters. The number of aliphatic carboxylic acids is 1. The summed E-state index contributed by atoms with van der Waals surface area (Å²) in [5.41, 5.74) is 4.93. The first-order valence-electron chi connectivity index (χ1n) is 2.98. The predicted molar refractivity (Wildman–Crippen MR) is 38.4 cm³/mol. The third-order valence-corrected chi connectivity index (χ3v) is 1.32. The summed E-state index contributed by atoms with van der Waals surface area (Å²) in [6.45, 7) is 0. The lowest BCUT2D eigenvalue weighted by Crippen LogP contribution is -2.33. The minimum atomic E-state index is -4.94. The second-order valence-corrected chi connectivity index (χ2v) is 3.27. The van der Waals surface area contributed by atoms with Gasteiger partial charge in [0.25, 0.3) is 0 Å². The quantitative estimate of drug-likeness (QED) is 0.409. The van der Waals surface area contributed by atoms with Crippen molar-refractivity contribution in [2.75, 3.05) is 0 Å². The summed E-state index contributed by atoms with van der Waals surface area (Å²) < 4.78 is 13.6. The van der Waals surface area contributed by atoms with Crippen molar-refractivity contribution < 1.29 is 33.6 Å². The van der Waals surface area contributed by atoms with Crippen LogP contribution in [0.1, 0.15) is 6.42 Å². The molecule has 5 N–H and O–H groups in total. The molecule has 0 aliphatic rings. The number of carbonyl (C=O) groups excluding carboxylic acids is 1. The molecule has 0 saturated heterocycles. The van der Waals surface area contributed by atoms with E-state index in [4.69, 9.17) is 20.6 Å². The van der Waals surface area contributed by atoms with Crippen LogP contribution in [0.3, 0.4) is 0 Å². The molecule has 0 amide bonds. The van der Waals surface area contributed by atoms with Crippen LogP contribution in [0.15, 0.2) is 0 Å². The van der Waals surface area contributed by atoms with Gasteiger partial charge in [-0.15, -0.1) is 0 Å². The lowest BCUT2D eigenvalue weighted by molar-refractivity contribution is -0.144. The SMILES string of the molecule is NC(CC(=O)O)C(=O)OP(=O)(O)O. The summed E-state index contributed by atoms with van der Waals surface area (Å²) in [7, 11) is -4.94. The molecule has 0 aromatic carbocycles. The van der Waals surface area contributed by atoms with Crippen LogP contribution in [0, 0.1) is 0 Å². The smallest absolute Gasteiger partial charge is 0.481 e. The highest BCUT2D eigenvalue weighted by Crippen LogP contribution is 2.36. The number of carboxylic acids is 1. The second kappa shape index (κ2) is 4.33. The van der Waals surface area contributed by atoms with Crippen LogP contribution in [-0.4, -0.2) is 32.9 Å². The first kappa shape index (κ1) is 12.0. The van der Waals surface area contributed by atoms with Gasteiger partial charge in [-0.05, 0) is 0 Å². The van der Waals surface area contributed by atoms with Gasteiger partial charge in [-0.2, -0.15) is 0 Å². The number of phosphoric ester groups is 1. The van der Waals surface area contributed by atoms with Crippen LogP contribution in [0.5, 0.6) is 0 Å². The molecule has 76 valence electrons. The van der Waals surface area contributed by atoms with Crippen LogP contribution >= 0.6 is 7.82 Å². The van der Waals surface area contributed by atoms with Gasteiger partial charge in [0.05, 0.1) is 6.42 Å². The Morgan fingerprint density at radius 3 is 2.23 bits per heavy atom. The summed E-state index contributed by atoms with van der Waals surface area (Å²) in [6.07, 6.45) is -0.751. The van der Waals surface area contributed by atoms with E-state index in [1.54, 1.807) is 0 Å². The zero-order chi connectivity index (χ0) is 10.6. The van der Waals surface area contributed by atoms with Crippen LogP contribution in [0.2, 0.25) is 0 Å². The minimum absolute atomic E-state index is 0.751. The van der Waals surface area contributed by atoms with Crippen LogP contribution in [0.25, 0.3) is 0 Å². The molecule has 0 aliphatic carbocycles. The van der Waals surface area contributed by atoms with E-state index in [1.165, 1.54) is 0 Å². The molecule has 0 bridgehead atoms. The molecule has 9 heteroatoms. The van der Waals surface area contributed by atoms with Crippen molar-refractivity contribution in [2.24, 2.45) is 5.73 Å². The van der Waals surface area contributed by atoms with Crippen LogP contribution in [-0.2, 0) is 18.7 Å². The lowest BCUT2D eigenvalue weighted by Gasteiger charge is -2.08. The van der Waals surface area contributed by atoms with Crippen molar-refractivity contribution >= 4 is 19.8 Å². The van der Waals surface area contributed by atoms with E-state index in [0.717, 1.165) is 0 Å². The Hall–Kier alpha value is -0.950. The van der Waals surface area contributed by atoms with Crippen LogP contribution < -0.4 is 5.73 Å². The molecule has 0 radical (unpaired) electrons. The maximum absolute atomic E-state index is 10.6. The van der Waals surface area contributed by atoms with Crippen molar-refractivity contribution in [3.8, 4) is 0 Å². The highest BCUT2D eigenvalue weighted by Gasteiger charge is 2.26. The largest absolute Gasteiger partial charge is 0.527 e. The molecule has 0 spiro atoms. The molecule has 0 aromatic heterocycles. The first-order chi connectivity index (χ1) is 5.72.